The van der Waals surface area contributed by atoms with E-state index < -0.39 is 27.3 Å². The van der Waals surface area contributed by atoms with Crippen molar-refractivity contribution < 1.29 is 18.3 Å². The first-order valence-corrected chi connectivity index (χ1v) is 7.04. The van der Waals surface area contributed by atoms with Crippen LogP contribution in [-0.4, -0.2) is 24.7 Å². The van der Waals surface area contributed by atoms with Gasteiger partial charge in [0.2, 0.25) is 10.0 Å². The Bertz CT molecular complexity index is 452. The lowest BCUT2D eigenvalue weighted by molar-refractivity contribution is -0.136. The summed E-state index contributed by atoms with van der Waals surface area (Å²) in [4.78, 5) is 11.4. The van der Waals surface area contributed by atoms with E-state index in [1.165, 1.54) is 11.3 Å². The molecule has 1 unspecified atom stereocenters. The van der Waals surface area contributed by atoms with Crippen LogP contribution >= 0.6 is 11.3 Å². The first kappa shape index (κ1) is 13.1. The second kappa shape index (κ2) is 4.94. The molecule has 0 aliphatic heterocycles. The Morgan fingerprint density at radius 2 is 2.12 bits per heavy atom. The fourth-order valence-corrected chi connectivity index (χ4v) is 2.98. The Balaban J connectivity index is 2.78. The van der Waals surface area contributed by atoms with E-state index >= 15 is 0 Å². The largest absolute Gasteiger partial charge is 0.480 e. The van der Waals surface area contributed by atoms with Crippen LogP contribution in [0.5, 0.6) is 0 Å². The van der Waals surface area contributed by atoms with E-state index in [-0.39, 0.29) is 0 Å². The van der Waals surface area contributed by atoms with E-state index in [4.69, 9.17) is 5.11 Å². The minimum absolute atomic E-state index is 0.410. The molecule has 0 amide bonds. The van der Waals surface area contributed by atoms with Gasteiger partial charge in [-0.25, -0.2) is 13.1 Å². The molecule has 1 rings (SSSR count). The Morgan fingerprint density at radius 1 is 1.50 bits per heavy atom. The van der Waals surface area contributed by atoms with Gasteiger partial charge >= 0.3 is 5.97 Å². The second-order valence-electron chi connectivity index (χ2n) is 3.38. The molecule has 1 heterocycles. The predicted octanol–water partition coefficient (Wildman–Crippen LogP) is 1.20. The molecule has 1 aromatic rings. The van der Waals surface area contributed by atoms with E-state index in [0.29, 0.717) is 0 Å². The molecule has 0 radical (unpaired) electrons. The first-order valence-electron chi connectivity index (χ1n) is 4.62. The number of carboxylic acids is 1. The van der Waals surface area contributed by atoms with Crippen LogP contribution in [0.25, 0.3) is 0 Å². The van der Waals surface area contributed by atoms with Crippen LogP contribution in [0, 0.1) is 0 Å². The third kappa shape index (κ3) is 3.03. The van der Waals surface area contributed by atoms with Crippen molar-refractivity contribution in [1.29, 1.82) is 0 Å². The standard InChI is InChI=1S/C9H13NO4S2/c1-6(8-4-3-5-15-8)10-16(13,14)7(2)9(11)12/h3-7,10H,1-2H3,(H,11,12)/t6-,7?/m0/s1. The highest BCUT2D eigenvalue weighted by Crippen LogP contribution is 2.19. The smallest absolute Gasteiger partial charge is 0.323 e. The minimum atomic E-state index is -3.83. The fraction of sp³-hybridized carbons (Fsp3) is 0.444. The van der Waals surface area contributed by atoms with Crippen LogP contribution < -0.4 is 4.72 Å². The maximum absolute atomic E-state index is 11.6. The zero-order valence-corrected chi connectivity index (χ0v) is 10.5. The second-order valence-corrected chi connectivity index (χ2v) is 6.39. The highest BCUT2D eigenvalue weighted by molar-refractivity contribution is 7.90. The summed E-state index contributed by atoms with van der Waals surface area (Å²) in [5, 5.41) is 9.03. The van der Waals surface area contributed by atoms with Gasteiger partial charge in [0.05, 0.1) is 6.04 Å². The molecular formula is C9H13NO4S2. The molecule has 5 nitrogen and oxygen atoms in total. The van der Waals surface area contributed by atoms with Gasteiger partial charge in [0.15, 0.2) is 5.25 Å². The molecule has 2 N–H and O–H groups in total. The first-order chi connectivity index (χ1) is 7.34. The van der Waals surface area contributed by atoms with Gasteiger partial charge in [0.25, 0.3) is 0 Å². The Labute approximate surface area is 98.2 Å². The summed E-state index contributed by atoms with van der Waals surface area (Å²) in [5.74, 6) is -1.36. The molecule has 0 saturated heterocycles. The number of carbonyl (C=O) groups is 1. The Morgan fingerprint density at radius 3 is 2.56 bits per heavy atom. The van der Waals surface area contributed by atoms with E-state index in [1.807, 2.05) is 11.4 Å². The van der Waals surface area contributed by atoms with Crippen LogP contribution in [-0.2, 0) is 14.8 Å². The van der Waals surface area contributed by atoms with Gasteiger partial charge in [0, 0.05) is 4.88 Å². The number of carboxylic acid groups (broad SMARTS) is 1. The molecule has 1 aromatic heterocycles. The third-order valence-electron chi connectivity index (χ3n) is 2.12. The number of sulfonamides is 1. The van der Waals surface area contributed by atoms with Crippen molar-refractivity contribution in [3.63, 3.8) is 0 Å². The van der Waals surface area contributed by atoms with E-state index in [9.17, 15) is 13.2 Å². The topological polar surface area (TPSA) is 83.5 Å². The van der Waals surface area contributed by atoms with Crippen LogP contribution in [0.2, 0.25) is 0 Å². The van der Waals surface area contributed by atoms with Crippen LogP contribution in [0.15, 0.2) is 17.5 Å². The summed E-state index contributed by atoms with van der Waals surface area (Å²) in [6.45, 7) is 2.82. The molecule has 0 spiro atoms. The van der Waals surface area contributed by atoms with Crippen molar-refractivity contribution in [3.05, 3.63) is 22.4 Å². The monoisotopic (exact) mass is 263 g/mol. The van der Waals surface area contributed by atoms with Gasteiger partial charge in [-0.05, 0) is 25.3 Å². The highest BCUT2D eigenvalue weighted by Gasteiger charge is 2.29. The van der Waals surface area contributed by atoms with Crippen LogP contribution in [0.3, 0.4) is 0 Å². The van der Waals surface area contributed by atoms with E-state index in [1.54, 1.807) is 13.0 Å². The summed E-state index contributed by atoms with van der Waals surface area (Å²) < 4.78 is 25.5. The van der Waals surface area contributed by atoms with Crippen LogP contribution in [0.1, 0.15) is 24.8 Å². The summed E-state index contributed by atoms with van der Waals surface area (Å²) in [6, 6.07) is 3.20. The number of thiophene rings is 1. The third-order valence-corrected chi connectivity index (χ3v) is 4.99. The maximum Gasteiger partial charge on any atom is 0.323 e. The number of aliphatic carboxylic acids is 1. The van der Waals surface area contributed by atoms with Gasteiger partial charge in [0.1, 0.15) is 0 Å². The predicted molar refractivity (Wildman–Crippen MR) is 61.9 cm³/mol. The Hall–Kier alpha value is -0.920. The lowest BCUT2D eigenvalue weighted by Crippen LogP contribution is -2.38. The van der Waals surface area contributed by atoms with Crippen molar-refractivity contribution in [1.82, 2.24) is 4.72 Å². The quantitative estimate of drug-likeness (QED) is 0.836. The molecule has 0 saturated carbocycles. The molecular weight excluding hydrogens is 250 g/mol. The van der Waals surface area contributed by atoms with Crippen molar-refractivity contribution in [2.75, 3.05) is 0 Å². The number of hydrogen-bond donors (Lipinski definition) is 2. The lowest BCUT2D eigenvalue weighted by Gasteiger charge is -2.14. The SMILES string of the molecule is CC(C(=O)O)S(=O)(=O)N[C@@H](C)c1cccs1. The van der Waals surface area contributed by atoms with Crippen molar-refractivity contribution >= 4 is 27.3 Å². The molecule has 90 valence electrons. The molecule has 2 atom stereocenters. The summed E-state index contributed by atoms with van der Waals surface area (Å²) >= 11 is 1.42. The van der Waals surface area contributed by atoms with Gasteiger partial charge in [-0.2, -0.15) is 0 Å². The fourth-order valence-electron chi connectivity index (χ4n) is 1.08. The zero-order chi connectivity index (χ0) is 12.3. The molecule has 0 aliphatic rings. The number of rotatable bonds is 5. The highest BCUT2D eigenvalue weighted by atomic mass is 32.2. The molecule has 0 aliphatic carbocycles. The van der Waals surface area contributed by atoms with E-state index in [0.717, 1.165) is 11.8 Å². The van der Waals surface area contributed by atoms with Crippen LogP contribution in [0.4, 0.5) is 0 Å². The van der Waals surface area contributed by atoms with Crippen molar-refractivity contribution in [3.8, 4) is 0 Å². The Kier molecular flexibility index (Phi) is 4.06. The van der Waals surface area contributed by atoms with Gasteiger partial charge in [-0.1, -0.05) is 6.07 Å². The molecule has 0 aromatic carbocycles. The summed E-state index contributed by atoms with van der Waals surface area (Å²) in [7, 11) is -3.83. The van der Waals surface area contributed by atoms with Gasteiger partial charge in [-0.3, -0.25) is 4.79 Å². The normalized spacial score (nSPS) is 15.6. The molecule has 7 heteroatoms. The summed E-state index contributed by atoms with van der Waals surface area (Å²) in [6.07, 6.45) is 0. The van der Waals surface area contributed by atoms with Gasteiger partial charge < -0.3 is 5.11 Å². The summed E-state index contributed by atoms with van der Waals surface area (Å²) in [5.41, 5.74) is 0. The van der Waals surface area contributed by atoms with E-state index in [2.05, 4.69) is 4.72 Å². The van der Waals surface area contributed by atoms with Crippen molar-refractivity contribution in [2.24, 2.45) is 0 Å². The average molecular weight is 263 g/mol. The molecule has 0 bridgehead atoms. The zero-order valence-electron chi connectivity index (χ0n) is 8.88. The molecule has 16 heavy (non-hydrogen) atoms. The maximum atomic E-state index is 11.6. The lowest BCUT2D eigenvalue weighted by atomic mass is 10.3. The average Bonchev–Trinajstić information content (AvgIpc) is 2.68. The van der Waals surface area contributed by atoms with Crippen molar-refractivity contribution in [2.45, 2.75) is 25.1 Å². The molecule has 0 fully saturated rings. The number of hydrogen-bond acceptors (Lipinski definition) is 4. The number of nitrogens with one attached hydrogen (secondary N) is 1. The minimum Gasteiger partial charge on any atom is -0.480 e. The van der Waals surface area contributed by atoms with Gasteiger partial charge in [-0.15, -0.1) is 11.3 Å².